The molecule has 0 aromatic heterocycles. The van der Waals surface area contributed by atoms with Gasteiger partial charge in [-0.1, -0.05) is 26.2 Å². The average molecular weight is 278 g/mol. The topological polar surface area (TPSA) is 15.3 Å². The summed E-state index contributed by atoms with van der Waals surface area (Å²) in [6.07, 6.45) is 11.4. The maximum atomic E-state index is 3.96. The highest BCUT2D eigenvalue weighted by Gasteiger charge is 2.53. The van der Waals surface area contributed by atoms with Crippen LogP contribution in [0, 0.1) is 11.8 Å². The number of nitrogens with zero attached hydrogens (tertiary/aromatic N) is 1. The maximum absolute atomic E-state index is 3.96. The van der Waals surface area contributed by atoms with Crippen LogP contribution in [0.25, 0.3) is 0 Å². The Balaban J connectivity index is 1.62. The van der Waals surface area contributed by atoms with Crippen LogP contribution in [0.5, 0.6) is 0 Å². The first-order valence-corrected chi connectivity index (χ1v) is 9.08. The molecule has 0 bridgehead atoms. The summed E-state index contributed by atoms with van der Waals surface area (Å²) in [6.45, 7) is 11.2. The van der Waals surface area contributed by atoms with Crippen molar-refractivity contribution in [1.82, 2.24) is 10.2 Å². The molecule has 0 aromatic carbocycles. The SMILES string of the molecule is CCCCCCN1CC(C)(C2CC2)NCC1(C)C1CC1. The van der Waals surface area contributed by atoms with Gasteiger partial charge in [0.15, 0.2) is 0 Å². The van der Waals surface area contributed by atoms with Crippen LogP contribution >= 0.6 is 0 Å². The van der Waals surface area contributed by atoms with Crippen molar-refractivity contribution in [2.75, 3.05) is 19.6 Å². The first-order chi connectivity index (χ1) is 9.58. The maximum Gasteiger partial charge on any atom is 0.0334 e. The highest BCUT2D eigenvalue weighted by Crippen LogP contribution is 2.48. The summed E-state index contributed by atoms with van der Waals surface area (Å²) in [5, 5.41) is 3.96. The Labute approximate surface area is 125 Å². The van der Waals surface area contributed by atoms with E-state index in [9.17, 15) is 0 Å². The molecule has 20 heavy (non-hydrogen) atoms. The van der Waals surface area contributed by atoms with Crippen LogP contribution in [0.3, 0.4) is 0 Å². The Morgan fingerprint density at radius 2 is 1.70 bits per heavy atom. The summed E-state index contributed by atoms with van der Waals surface area (Å²) in [4.78, 5) is 2.88. The second-order valence-electron chi connectivity index (χ2n) is 8.16. The van der Waals surface area contributed by atoms with Crippen molar-refractivity contribution in [2.45, 2.75) is 83.2 Å². The Morgan fingerprint density at radius 3 is 2.30 bits per heavy atom. The number of nitrogens with one attached hydrogen (secondary N) is 1. The van der Waals surface area contributed by atoms with E-state index in [2.05, 4.69) is 31.0 Å². The van der Waals surface area contributed by atoms with E-state index < -0.39 is 0 Å². The molecule has 0 spiro atoms. The second kappa shape index (κ2) is 5.61. The van der Waals surface area contributed by atoms with Gasteiger partial charge in [0, 0.05) is 24.2 Å². The molecule has 1 saturated heterocycles. The summed E-state index contributed by atoms with van der Waals surface area (Å²) in [7, 11) is 0. The lowest BCUT2D eigenvalue weighted by Crippen LogP contribution is -2.69. The van der Waals surface area contributed by atoms with Gasteiger partial charge in [-0.25, -0.2) is 0 Å². The smallest absolute Gasteiger partial charge is 0.0334 e. The van der Waals surface area contributed by atoms with Gasteiger partial charge in [0.05, 0.1) is 0 Å². The third-order valence-corrected chi connectivity index (χ3v) is 6.31. The predicted molar refractivity (Wildman–Crippen MR) is 86.0 cm³/mol. The number of hydrogen-bond donors (Lipinski definition) is 1. The number of unbranched alkanes of at least 4 members (excludes halogenated alkanes) is 3. The van der Waals surface area contributed by atoms with Crippen LogP contribution in [0.1, 0.15) is 72.1 Å². The van der Waals surface area contributed by atoms with Crippen molar-refractivity contribution in [2.24, 2.45) is 11.8 Å². The van der Waals surface area contributed by atoms with Crippen molar-refractivity contribution in [1.29, 1.82) is 0 Å². The van der Waals surface area contributed by atoms with E-state index in [1.54, 1.807) is 0 Å². The van der Waals surface area contributed by atoms with E-state index >= 15 is 0 Å². The van der Waals surface area contributed by atoms with Gasteiger partial charge in [-0.2, -0.15) is 0 Å². The molecule has 0 aromatic rings. The zero-order chi connectivity index (χ0) is 14.2. The molecule has 3 fully saturated rings. The zero-order valence-corrected chi connectivity index (χ0v) is 13.9. The van der Waals surface area contributed by atoms with Crippen LogP contribution in [0.15, 0.2) is 0 Å². The Morgan fingerprint density at radius 1 is 1.00 bits per heavy atom. The van der Waals surface area contributed by atoms with Gasteiger partial charge in [-0.15, -0.1) is 0 Å². The van der Waals surface area contributed by atoms with Gasteiger partial charge < -0.3 is 5.32 Å². The van der Waals surface area contributed by atoms with E-state index in [1.807, 2.05) is 0 Å². The molecule has 2 unspecified atom stereocenters. The van der Waals surface area contributed by atoms with E-state index in [4.69, 9.17) is 0 Å². The van der Waals surface area contributed by atoms with Crippen molar-refractivity contribution in [3.8, 4) is 0 Å². The lowest BCUT2D eigenvalue weighted by atomic mass is 9.83. The molecule has 2 saturated carbocycles. The first kappa shape index (κ1) is 14.8. The highest BCUT2D eigenvalue weighted by atomic mass is 15.3. The minimum atomic E-state index is 0.402. The van der Waals surface area contributed by atoms with Crippen molar-refractivity contribution < 1.29 is 0 Å². The highest BCUT2D eigenvalue weighted by molar-refractivity contribution is 5.11. The fourth-order valence-electron chi connectivity index (χ4n) is 4.29. The Kier molecular flexibility index (Phi) is 4.16. The van der Waals surface area contributed by atoms with Crippen molar-refractivity contribution >= 4 is 0 Å². The van der Waals surface area contributed by atoms with Gasteiger partial charge in [-0.3, -0.25) is 4.90 Å². The molecule has 1 aliphatic heterocycles. The third-order valence-electron chi connectivity index (χ3n) is 6.31. The lowest BCUT2D eigenvalue weighted by molar-refractivity contribution is -0.00180. The first-order valence-electron chi connectivity index (χ1n) is 9.08. The van der Waals surface area contributed by atoms with Gasteiger partial charge in [-0.05, 0) is 64.3 Å². The average Bonchev–Trinajstić information content (AvgIpc) is 3.31. The molecule has 1 heterocycles. The number of rotatable bonds is 7. The molecule has 0 amide bonds. The largest absolute Gasteiger partial charge is 0.308 e. The molecule has 3 rings (SSSR count). The fourth-order valence-corrected chi connectivity index (χ4v) is 4.29. The van der Waals surface area contributed by atoms with Crippen molar-refractivity contribution in [3.05, 3.63) is 0 Å². The van der Waals surface area contributed by atoms with Crippen LogP contribution in [0.4, 0.5) is 0 Å². The number of piperazine rings is 1. The Bertz CT molecular complexity index is 334. The van der Waals surface area contributed by atoms with Crippen LogP contribution in [0.2, 0.25) is 0 Å². The normalized spacial score (nSPS) is 39.1. The molecule has 0 radical (unpaired) electrons. The van der Waals surface area contributed by atoms with E-state index in [0.717, 1.165) is 11.8 Å². The summed E-state index contributed by atoms with van der Waals surface area (Å²) in [6, 6.07) is 0. The molecule has 2 atom stereocenters. The van der Waals surface area contributed by atoms with Gasteiger partial charge in [0.1, 0.15) is 0 Å². The van der Waals surface area contributed by atoms with E-state index in [0.29, 0.717) is 11.1 Å². The van der Waals surface area contributed by atoms with Crippen LogP contribution < -0.4 is 5.32 Å². The van der Waals surface area contributed by atoms with E-state index in [1.165, 1.54) is 71.0 Å². The van der Waals surface area contributed by atoms with Gasteiger partial charge >= 0.3 is 0 Å². The molecule has 2 aliphatic carbocycles. The molecule has 3 aliphatic rings. The van der Waals surface area contributed by atoms with Gasteiger partial charge in [0.25, 0.3) is 0 Å². The summed E-state index contributed by atoms with van der Waals surface area (Å²) in [5.41, 5.74) is 0.847. The number of hydrogen-bond acceptors (Lipinski definition) is 2. The molecule has 116 valence electrons. The molecular formula is C18H34N2. The quantitative estimate of drug-likeness (QED) is 0.712. The van der Waals surface area contributed by atoms with Crippen LogP contribution in [-0.4, -0.2) is 35.6 Å². The Hall–Kier alpha value is -0.0800. The summed E-state index contributed by atoms with van der Waals surface area (Å²) >= 11 is 0. The van der Waals surface area contributed by atoms with Crippen molar-refractivity contribution in [3.63, 3.8) is 0 Å². The van der Waals surface area contributed by atoms with Crippen LogP contribution in [-0.2, 0) is 0 Å². The summed E-state index contributed by atoms with van der Waals surface area (Å²) in [5.74, 6) is 1.91. The predicted octanol–water partition coefficient (Wildman–Crippen LogP) is 3.81. The minimum absolute atomic E-state index is 0.402. The molecule has 2 nitrogen and oxygen atoms in total. The monoisotopic (exact) mass is 278 g/mol. The standard InChI is InChI=1S/C18H34N2/c1-4-5-6-7-12-20-14-17(2,15-8-9-15)19-13-18(20,3)16-10-11-16/h15-16,19H,4-14H2,1-3H3. The second-order valence-corrected chi connectivity index (χ2v) is 8.16. The summed E-state index contributed by atoms with van der Waals surface area (Å²) < 4.78 is 0. The molecule has 1 N–H and O–H groups in total. The molecular weight excluding hydrogens is 244 g/mol. The molecule has 2 heteroatoms. The fraction of sp³-hybridized carbons (Fsp3) is 1.00. The minimum Gasteiger partial charge on any atom is -0.308 e. The third kappa shape index (κ3) is 2.92. The lowest BCUT2D eigenvalue weighted by Gasteiger charge is -2.53. The zero-order valence-electron chi connectivity index (χ0n) is 13.9. The van der Waals surface area contributed by atoms with E-state index in [-0.39, 0.29) is 0 Å². The van der Waals surface area contributed by atoms with Gasteiger partial charge in [0.2, 0.25) is 0 Å².